The molecule has 1 amide bonds. The molecular weight excluding hydrogens is 387 g/mol. The number of carbonyl (C=O) groups is 1. The van der Waals surface area contributed by atoms with E-state index in [1.54, 1.807) is 18.2 Å². The van der Waals surface area contributed by atoms with Crippen LogP contribution in [0.5, 0.6) is 5.75 Å². The molecule has 0 bridgehead atoms. The largest absolute Gasteiger partial charge is 0.494 e. The van der Waals surface area contributed by atoms with Crippen LogP contribution >= 0.6 is 0 Å². The molecule has 0 saturated carbocycles. The number of anilines is 2. The molecule has 3 aromatic heterocycles. The van der Waals surface area contributed by atoms with E-state index in [1.807, 2.05) is 34.9 Å². The molecule has 8 nitrogen and oxygen atoms in total. The number of halogens is 1. The summed E-state index contributed by atoms with van der Waals surface area (Å²) in [7, 11) is 1.59. The van der Waals surface area contributed by atoms with Crippen LogP contribution < -0.4 is 20.3 Å². The highest BCUT2D eigenvalue weighted by molar-refractivity contribution is 5.97. The van der Waals surface area contributed by atoms with Gasteiger partial charge >= 0.3 is 0 Å². The van der Waals surface area contributed by atoms with E-state index in [0.29, 0.717) is 49.0 Å². The third kappa shape index (κ3) is 3.24. The number of alkyl halides is 1. The van der Waals surface area contributed by atoms with Crippen LogP contribution in [0.1, 0.15) is 12.8 Å². The van der Waals surface area contributed by atoms with Crippen LogP contribution in [-0.4, -0.2) is 59.2 Å². The van der Waals surface area contributed by atoms with Gasteiger partial charge in [0.1, 0.15) is 29.1 Å². The van der Waals surface area contributed by atoms with Gasteiger partial charge in [-0.25, -0.2) is 14.4 Å². The Balaban J connectivity index is 1.53. The van der Waals surface area contributed by atoms with E-state index >= 15 is 0 Å². The van der Waals surface area contributed by atoms with E-state index in [4.69, 9.17) is 4.74 Å². The van der Waals surface area contributed by atoms with Gasteiger partial charge in [-0.2, -0.15) is 0 Å². The Labute approximate surface area is 173 Å². The fraction of sp³-hybridized carbons (Fsp3) is 0.381. The molecule has 2 saturated heterocycles. The molecule has 2 fully saturated rings. The van der Waals surface area contributed by atoms with Crippen LogP contribution in [0.3, 0.4) is 0 Å². The van der Waals surface area contributed by atoms with Gasteiger partial charge in [-0.15, -0.1) is 0 Å². The SMILES string of the molecule is COc1cc2ncc(-c3cccc(NC4CNCC4F)n3)n2cc1N1CCCC1=O. The second kappa shape index (κ2) is 7.56. The highest BCUT2D eigenvalue weighted by atomic mass is 19.1. The van der Waals surface area contributed by atoms with Crippen molar-refractivity contribution in [1.82, 2.24) is 19.7 Å². The molecule has 3 aromatic rings. The fourth-order valence-electron chi connectivity index (χ4n) is 4.09. The minimum atomic E-state index is -0.945. The number of hydrogen-bond donors (Lipinski definition) is 2. The summed E-state index contributed by atoms with van der Waals surface area (Å²) >= 11 is 0. The quantitative estimate of drug-likeness (QED) is 0.671. The van der Waals surface area contributed by atoms with E-state index in [9.17, 15) is 9.18 Å². The maximum atomic E-state index is 13.9. The van der Waals surface area contributed by atoms with Crippen molar-refractivity contribution in [2.75, 3.05) is 37.0 Å². The number of nitrogens with zero attached hydrogens (tertiary/aromatic N) is 4. The third-order valence-corrected chi connectivity index (χ3v) is 5.66. The Kier molecular flexibility index (Phi) is 4.74. The Bertz CT molecular complexity index is 1100. The standard InChI is InChI=1S/C21H23FN6O2/c1-30-18-8-20-24-11-16(28(20)12-17(18)27-7-3-6-21(27)29)14-4-2-5-19(25-14)26-15-10-23-9-13(15)22/h2,4-5,8,11-13,15,23H,3,6-7,9-10H2,1H3,(H,25,26). The summed E-state index contributed by atoms with van der Waals surface area (Å²) in [4.78, 5) is 23.2. The van der Waals surface area contributed by atoms with Crippen molar-refractivity contribution in [2.24, 2.45) is 0 Å². The first kappa shape index (κ1) is 18.8. The fourth-order valence-corrected chi connectivity index (χ4v) is 4.09. The molecule has 2 unspecified atom stereocenters. The molecule has 0 spiro atoms. The molecule has 156 valence electrons. The number of methoxy groups -OCH3 is 1. The number of amides is 1. The van der Waals surface area contributed by atoms with Crippen LogP contribution in [0.25, 0.3) is 17.0 Å². The Morgan fingerprint density at radius 1 is 1.33 bits per heavy atom. The number of ether oxygens (including phenoxy) is 1. The smallest absolute Gasteiger partial charge is 0.227 e. The lowest BCUT2D eigenvalue weighted by atomic mass is 10.2. The summed E-state index contributed by atoms with van der Waals surface area (Å²) < 4.78 is 21.4. The van der Waals surface area contributed by atoms with Crippen molar-refractivity contribution in [3.8, 4) is 17.1 Å². The van der Waals surface area contributed by atoms with Gasteiger partial charge in [-0.3, -0.25) is 9.20 Å². The molecule has 0 radical (unpaired) electrons. The maximum absolute atomic E-state index is 13.9. The number of aromatic nitrogens is 3. The van der Waals surface area contributed by atoms with Crippen molar-refractivity contribution in [1.29, 1.82) is 0 Å². The van der Waals surface area contributed by atoms with Crippen LogP contribution in [-0.2, 0) is 4.79 Å². The monoisotopic (exact) mass is 410 g/mol. The molecule has 0 aromatic carbocycles. The first-order chi connectivity index (χ1) is 14.6. The maximum Gasteiger partial charge on any atom is 0.227 e. The van der Waals surface area contributed by atoms with E-state index in [2.05, 4.69) is 20.6 Å². The van der Waals surface area contributed by atoms with Gasteiger partial charge in [0.05, 0.1) is 30.7 Å². The van der Waals surface area contributed by atoms with Crippen molar-refractivity contribution in [3.63, 3.8) is 0 Å². The van der Waals surface area contributed by atoms with Gasteiger partial charge in [0.15, 0.2) is 0 Å². The Morgan fingerprint density at radius 3 is 2.97 bits per heavy atom. The van der Waals surface area contributed by atoms with Gasteiger partial charge in [0, 0.05) is 38.3 Å². The van der Waals surface area contributed by atoms with E-state index in [0.717, 1.165) is 17.8 Å². The normalized spacial score (nSPS) is 21.5. The molecular formula is C21H23FN6O2. The van der Waals surface area contributed by atoms with Crippen LogP contribution in [0, 0.1) is 0 Å². The first-order valence-corrected chi connectivity index (χ1v) is 10.1. The zero-order valence-corrected chi connectivity index (χ0v) is 16.6. The van der Waals surface area contributed by atoms with Crippen LogP contribution in [0.15, 0.2) is 36.7 Å². The molecule has 2 N–H and O–H groups in total. The summed E-state index contributed by atoms with van der Waals surface area (Å²) in [6.45, 7) is 1.59. The van der Waals surface area contributed by atoms with Crippen molar-refractivity contribution in [2.45, 2.75) is 25.1 Å². The number of nitrogens with one attached hydrogen (secondary N) is 2. The average molecular weight is 410 g/mol. The number of hydrogen-bond acceptors (Lipinski definition) is 6. The minimum absolute atomic E-state index is 0.0876. The lowest BCUT2D eigenvalue weighted by molar-refractivity contribution is -0.117. The van der Waals surface area contributed by atoms with Gasteiger partial charge in [-0.05, 0) is 18.6 Å². The molecule has 9 heteroatoms. The third-order valence-electron chi connectivity index (χ3n) is 5.66. The second-order valence-electron chi connectivity index (χ2n) is 7.58. The van der Waals surface area contributed by atoms with E-state index in [-0.39, 0.29) is 11.9 Å². The molecule has 2 aliphatic rings. The van der Waals surface area contributed by atoms with E-state index < -0.39 is 6.17 Å². The predicted molar refractivity (Wildman–Crippen MR) is 112 cm³/mol. The molecule has 2 aliphatic heterocycles. The van der Waals surface area contributed by atoms with Crippen molar-refractivity contribution in [3.05, 3.63) is 36.7 Å². The zero-order valence-electron chi connectivity index (χ0n) is 16.6. The highest BCUT2D eigenvalue weighted by Crippen LogP contribution is 2.34. The van der Waals surface area contributed by atoms with Gasteiger partial charge in [0.2, 0.25) is 5.91 Å². The number of carbonyl (C=O) groups excluding carboxylic acids is 1. The summed E-state index contributed by atoms with van der Waals surface area (Å²) in [5, 5.41) is 6.20. The lowest BCUT2D eigenvalue weighted by Gasteiger charge is -2.19. The topological polar surface area (TPSA) is 83.8 Å². The number of fused-ring (bicyclic) bond motifs is 1. The van der Waals surface area contributed by atoms with Gasteiger partial charge < -0.3 is 20.3 Å². The molecule has 5 heterocycles. The zero-order chi connectivity index (χ0) is 20.7. The van der Waals surface area contributed by atoms with Crippen molar-refractivity contribution < 1.29 is 13.9 Å². The predicted octanol–water partition coefficient (Wildman–Crippen LogP) is 2.25. The number of pyridine rings is 2. The first-order valence-electron chi connectivity index (χ1n) is 10.1. The molecule has 0 aliphatic carbocycles. The highest BCUT2D eigenvalue weighted by Gasteiger charge is 2.27. The second-order valence-corrected chi connectivity index (χ2v) is 7.58. The summed E-state index contributed by atoms with van der Waals surface area (Å²) in [5.74, 6) is 1.31. The number of imidazole rings is 1. The molecule has 5 rings (SSSR count). The summed E-state index contributed by atoms with van der Waals surface area (Å²) in [5.41, 5.74) is 2.91. The minimum Gasteiger partial charge on any atom is -0.494 e. The van der Waals surface area contributed by atoms with Gasteiger partial charge in [-0.1, -0.05) is 6.07 Å². The molecule has 2 atom stereocenters. The van der Waals surface area contributed by atoms with E-state index in [1.165, 1.54) is 0 Å². The van der Waals surface area contributed by atoms with Crippen LogP contribution in [0.4, 0.5) is 15.9 Å². The summed E-state index contributed by atoms with van der Waals surface area (Å²) in [6, 6.07) is 7.12. The average Bonchev–Trinajstić information content (AvgIpc) is 3.47. The van der Waals surface area contributed by atoms with Crippen molar-refractivity contribution >= 4 is 23.1 Å². The molecule has 30 heavy (non-hydrogen) atoms. The Hall–Kier alpha value is -3.20. The Morgan fingerprint density at radius 2 is 2.23 bits per heavy atom. The number of rotatable bonds is 5. The van der Waals surface area contributed by atoms with Crippen LogP contribution in [0.2, 0.25) is 0 Å². The lowest BCUT2D eigenvalue weighted by Crippen LogP contribution is -2.29. The summed E-state index contributed by atoms with van der Waals surface area (Å²) in [6.07, 6.45) is 4.04. The van der Waals surface area contributed by atoms with Gasteiger partial charge in [0.25, 0.3) is 0 Å².